The van der Waals surface area contributed by atoms with Gasteiger partial charge in [-0.05, 0) is 30.7 Å². The lowest BCUT2D eigenvalue weighted by Gasteiger charge is -2.21. The van der Waals surface area contributed by atoms with Crippen LogP contribution in [0.25, 0.3) is 38.2 Å². The van der Waals surface area contributed by atoms with Gasteiger partial charge in [0, 0.05) is 30.4 Å². The largest absolute Gasteiger partial charge is 0.467 e. The molecule has 0 aliphatic heterocycles. The molecule has 0 spiro atoms. The molecule has 4 heterocycles. The van der Waals surface area contributed by atoms with Gasteiger partial charge < -0.3 is 15.8 Å². The summed E-state index contributed by atoms with van der Waals surface area (Å²) in [7, 11) is 1.50. The Morgan fingerprint density at radius 3 is 2.48 bits per heavy atom. The van der Waals surface area contributed by atoms with Crippen LogP contribution in [0.5, 0.6) is 6.01 Å². The van der Waals surface area contributed by atoms with Crippen LogP contribution in [0.2, 0.25) is 0 Å². The molecule has 0 aliphatic rings. The molecular weight excluding hydrogens is 526 g/mol. The lowest BCUT2D eigenvalue weighted by molar-refractivity contribution is 0.380. The van der Waals surface area contributed by atoms with E-state index in [1.165, 1.54) is 18.4 Å². The van der Waals surface area contributed by atoms with Crippen molar-refractivity contribution in [1.82, 2.24) is 34.5 Å². The molecule has 1 unspecified atom stereocenters. The van der Waals surface area contributed by atoms with E-state index in [9.17, 15) is 4.79 Å². The predicted molar refractivity (Wildman–Crippen MR) is 155 cm³/mol. The Morgan fingerprint density at radius 1 is 0.950 bits per heavy atom. The molecule has 6 aromatic rings. The van der Waals surface area contributed by atoms with Gasteiger partial charge in [-0.3, -0.25) is 14.3 Å². The number of thiazole rings is 1. The van der Waals surface area contributed by atoms with E-state index in [2.05, 4.69) is 30.2 Å². The number of ether oxygens (including phenoxy) is 1. The fraction of sp³-hybridized carbons (Fsp3) is 0.107. The summed E-state index contributed by atoms with van der Waals surface area (Å²) >= 11 is 1.46. The first-order chi connectivity index (χ1) is 19.5. The molecule has 4 aromatic heterocycles. The van der Waals surface area contributed by atoms with E-state index in [-0.39, 0.29) is 17.5 Å². The summed E-state index contributed by atoms with van der Waals surface area (Å²) in [6.07, 6.45) is 6.66. The zero-order chi connectivity index (χ0) is 27.6. The van der Waals surface area contributed by atoms with Gasteiger partial charge in [0.05, 0.1) is 45.7 Å². The van der Waals surface area contributed by atoms with Gasteiger partial charge in [0.1, 0.15) is 11.6 Å². The number of nitrogens with zero attached hydrogens (tertiary/aromatic N) is 7. The van der Waals surface area contributed by atoms with Crippen molar-refractivity contribution < 1.29 is 4.74 Å². The number of aromatic nitrogens is 7. The Hall–Kier alpha value is -5.23. The number of rotatable bonds is 7. The number of benzene rings is 2. The van der Waals surface area contributed by atoms with Gasteiger partial charge >= 0.3 is 6.01 Å². The number of nitrogen functional groups attached to an aromatic ring is 1. The molecule has 0 radical (unpaired) electrons. The summed E-state index contributed by atoms with van der Waals surface area (Å²) in [6.45, 7) is 1.92. The number of nitrogens with two attached hydrogens (primary N) is 1. The summed E-state index contributed by atoms with van der Waals surface area (Å²) < 4.78 is 6.71. The van der Waals surface area contributed by atoms with Crippen molar-refractivity contribution in [3.05, 3.63) is 95.0 Å². The third kappa shape index (κ3) is 4.60. The first kappa shape index (κ1) is 25.1. The molecule has 0 aliphatic carbocycles. The van der Waals surface area contributed by atoms with Crippen LogP contribution in [0.1, 0.15) is 18.8 Å². The maximum absolute atomic E-state index is 14.3. The lowest BCUT2D eigenvalue weighted by Crippen LogP contribution is -2.28. The third-order valence-electron chi connectivity index (χ3n) is 6.31. The Kier molecular flexibility index (Phi) is 6.58. The maximum atomic E-state index is 14.3. The van der Waals surface area contributed by atoms with Gasteiger partial charge in [-0.1, -0.05) is 30.3 Å². The first-order valence-electron chi connectivity index (χ1n) is 12.3. The average Bonchev–Trinajstić information content (AvgIpc) is 3.52. The molecule has 0 saturated heterocycles. The topological polar surface area (TPSA) is 147 Å². The van der Waals surface area contributed by atoms with Gasteiger partial charge in [-0.15, -0.1) is 11.3 Å². The first-order valence-corrected chi connectivity index (χ1v) is 13.2. The van der Waals surface area contributed by atoms with Crippen LogP contribution in [0.15, 0.2) is 83.6 Å². The molecular formula is C28H23N9O2S. The Bertz CT molecular complexity index is 1860. The van der Waals surface area contributed by atoms with Crippen LogP contribution < -0.4 is 21.3 Å². The number of hydrogen-bond acceptors (Lipinski definition) is 11. The molecule has 0 amide bonds. The van der Waals surface area contributed by atoms with Crippen LogP contribution in [0.4, 0.5) is 11.8 Å². The van der Waals surface area contributed by atoms with E-state index in [1.807, 2.05) is 55.5 Å². The van der Waals surface area contributed by atoms with E-state index in [4.69, 9.17) is 15.5 Å². The van der Waals surface area contributed by atoms with Crippen molar-refractivity contribution in [1.29, 1.82) is 0 Å². The zero-order valence-electron chi connectivity index (χ0n) is 21.5. The molecule has 0 fully saturated rings. The minimum absolute atomic E-state index is 0.126. The van der Waals surface area contributed by atoms with Gasteiger partial charge in [0.2, 0.25) is 5.95 Å². The van der Waals surface area contributed by atoms with Crippen molar-refractivity contribution in [3.63, 3.8) is 0 Å². The van der Waals surface area contributed by atoms with Crippen molar-refractivity contribution in [3.8, 4) is 33.3 Å². The van der Waals surface area contributed by atoms with Crippen LogP contribution >= 0.6 is 11.3 Å². The zero-order valence-corrected chi connectivity index (χ0v) is 22.3. The maximum Gasteiger partial charge on any atom is 0.316 e. The molecule has 0 saturated carbocycles. The van der Waals surface area contributed by atoms with Crippen molar-refractivity contribution in [2.75, 3.05) is 18.2 Å². The second kappa shape index (κ2) is 10.5. The fourth-order valence-corrected chi connectivity index (χ4v) is 5.10. The van der Waals surface area contributed by atoms with Crippen LogP contribution in [0.3, 0.4) is 0 Å². The standard InChI is InChI=1S/C28H23N9O2S/c1-16(34-24-20(13-31-27(29)36-24)22-14-30-15-40-22)25-35-21-10-6-9-19(17-11-32-28(39-2)33-12-17)23(21)26(38)37(25)18-7-4-3-5-8-18/h3-16H,1-2H3,(H3,29,31,34,36). The summed E-state index contributed by atoms with van der Waals surface area (Å²) in [6, 6.07) is 14.7. The van der Waals surface area contributed by atoms with E-state index in [1.54, 1.807) is 34.9 Å². The highest BCUT2D eigenvalue weighted by Crippen LogP contribution is 2.32. The molecule has 40 heavy (non-hydrogen) atoms. The van der Waals surface area contributed by atoms with Crippen molar-refractivity contribution in [2.45, 2.75) is 13.0 Å². The molecule has 12 heteroatoms. The second-order valence-corrected chi connectivity index (χ2v) is 9.71. The third-order valence-corrected chi connectivity index (χ3v) is 7.11. The monoisotopic (exact) mass is 549 g/mol. The number of fused-ring (bicyclic) bond motifs is 1. The molecule has 6 rings (SSSR count). The van der Waals surface area contributed by atoms with Gasteiger partial charge in [-0.25, -0.2) is 19.9 Å². The Balaban J connectivity index is 1.53. The summed E-state index contributed by atoms with van der Waals surface area (Å²) in [5.41, 5.74) is 10.8. The van der Waals surface area contributed by atoms with E-state index >= 15 is 0 Å². The smallest absolute Gasteiger partial charge is 0.316 e. The lowest BCUT2D eigenvalue weighted by atomic mass is 10.0. The number of anilines is 2. The normalized spacial score (nSPS) is 11.8. The average molecular weight is 550 g/mol. The summed E-state index contributed by atoms with van der Waals surface area (Å²) in [5.74, 6) is 1.14. The molecule has 2 aromatic carbocycles. The van der Waals surface area contributed by atoms with Crippen molar-refractivity contribution >= 4 is 34.0 Å². The highest BCUT2D eigenvalue weighted by Gasteiger charge is 2.22. The second-order valence-electron chi connectivity index (χ2n) is 8.83. The van der Waals surface area contributed by atoms with E-state index < -0.39 is 6.04 Å². The quantitative estimate of drug-likeness (QED) is 0.291. The number of hydrogen-bond donors (Lipinski definition) is 2. The fourth-order valence-electron chi connectivity index (χ4n) is 4.47. The van der Waals surface area contributed by atoms with E-state index in [0.29, 0.717) is 39.4 Å². The molecule has 198 valence electrons. The molecule has 1 atom stereocenters. The van der Waals surface area contributed by atoms with Gasteiger partial charge in [0.15, 0.2) is 0 Å². The minimum atomic E-state index is -0.453. The highest BCUT2D eigenvalue weighted by molar-refractivity contribution is 7.13. The number of para-hydroxylation sites is 1. The minimum Gasteiger partial charge on any atom is -0.467 e. The van der Waals surface area contributed by atoms with Gasteiger partial charge in [-0.2, -0.15) is 4.98 Å². The van der Waals surface area contributed by atoms with Gasteiger partial charge in [0.25, 0.3) is 5.56 Å². The Morgan fingerprint density at radius 2 is 1.75 bits per heavy atom. The van der Waals surface area contributed by atoms with Crippen LogP contribution in [-0.2, 0) is 0 Å². The molecule has 11 nitrogen and oxygen atoms in total. The van der Waals surface area contributed by atoms with Crippen LogP contribution in [-0.4, -0.2) is 41.6 Å². The molecule has 3 N–H and O–H groups in total. The van der Waals surface area contributed by atoms with Crippen LogP contribution in [0, 0.1) is 0 Å². The highest BCUT2D eigenvalue weighted by atomic mass is 32.1. The Labute approximate surface area is 232 Å². The number of methoxy groups -OCH3 is 1. The predicted octanol–water partition coefficient (Wildman–Crippen LogP) is 4.52. The summed E-state index contributed by atoms with van der Waals surface area (Å²) in [5, 5.41) is 3.86. The van der Waals surface area contributed by atoms with Crippen molar-refractivity contribution in [2.24, 2.45) is 0 Å². The molecule has 0 bridgehead atoms. The SMILES string of the molecule is COc1ncc(-c2cccc3nc(C(C)Nc4nc(N)ncc4-c4cncs4)n(-c4ccccc4)c(=O)c23)cn1. The van der Waals surface area contributed by atoms with E-state index in [0.717, 1.165) is 10.4 Å². The number of nitrogens with one attached hydrogen (secondary N) is 1. The summed E-state index contributed by atoms with van der Waals surface area (Å²) in [4.78, 5) is 41.4.